The summed E-state index contributed by atoms with van der Waals surface area (Å²) >= 11 is 0. The molecule has 0 atom stereocenters. The van der Waals surface area contributed by atoms with Gasteiger partial charge in [-0.05, 0) is 43.2 Å². The van der Waals surface area contributed by atoms with Crippen LogP contribution >= 0.6 is 0 Å². The molecule has 2 aliphatic rings. The molecule has 0 radical (unpaired) electrons. The second kappa shape index (κ2) is 6.04. The number of hydrogen-bond donors (Lipinski definition) is 1. The molecule has 1 saturated heterocycles. The molecule has 0 unspecified atom stereocenters. The molecule has 0 bridgehead atoms. The Morgan fingerprint density at radius 3 is 2.52 bits per heavy atom. The lowest BCUT2D eigenvalue weighted by atomic mass is 9.68. The largest absolute Gasteiger partial charge is 0.373 e. The summed E-state index contributed by atoms with van der Waals surface area (Å²) in [5.41, 5.74) is 1.09. The summed E-state index contributed by atoms with van der Waals surface area (Å²) in [7, 11) is 1.82. The summed E-state index contributed by atoms with van der Waals surface area (Å²) in [6.07, 6.45) is 9.21. The number of nitrogens with one attached hydrogen (secondary N) is 1. The van der Waals surface area contributed by atoms with Crippen molar-refractivity contribution < 1.29 is 4.79 Å². The lowest BCUT2D eigenvalue weighted by Gasteiger charge is -2.44. The summed E-state index contributed by atoms with van der Waals surface area (Å²) in [6.45, 7) is 1.79. The third-order valence-corrected chi connectivity index (χ3v) is 5.25. The number of amides is 1. The molecule has 1 aliphatic carbocycles. The van der Waals surface area contributed by atoms with E-state index in [1.165, 1.54) is 44.9 Å². The SMILES string of the molecule is CNc1cccc(C(=O)N2CCC3(CCCCC3)CC2)n1. The van der Waals surface area contributed by atoms with Crippen LogP contribution in [0.2, 0.25) is 0 Å². The average Bonchev–Trinajstić information content (AvgIpc) is 2.56. The van der Waals surface area contributed by atoms with Gasteiger partial charge in [0.05, 0.1) is 0 Å². The fraction of sp³-hybridized carbons (Fsp3) is 0.647. The minimum atomic E-state index is 0.0813. The Morgan fingerprint density at radius 1 is 1.14 bits per heavy atom. The lowest BCUT2D eigenvalue weighted by molar-refractivity contribution is 0.0467. The molecule has 3 rings (SSSR count). The molecule has 1 aromatic rings. The molecular formula is C17H25N3O. The van der Waals surface area contributed by atoms with Crippen molar-refractivity contribution >= 4 is 11.7 Å². The van der Waals surface area contributed by atoms with E-state index in [-0.39, 0.29) is 5.91 Å². The Bertz CT molecular complexity index is 499. The standard InChI is InChI=1S/C17H25N3O/c1-18-15-7-5-6-14(19-15)16(21)20-12-10-17(11-13-20)8-3-2-4-9-17/h5-7H,2-4,8-13H2,1H3,(H,18,19). The van der Waals surface area contributed by atoms with E-state index in [0.717, 1.165) is 18.9 Å². The number of carbonyl (C=O) groups excluding carboxylic acids is 1. The minimum absolute atomic E-state index is 0.0813. The van der Waals surface area contributed by atoms with Gasteiger partial charge < -0.3 is 10.2 Å². The van der Waals surface area contributed by atoms with Crippen LogP contribution in [-0.4, -0.2) is 35.9 Å². The molecule has 4 heteroatoms. The normalized spacial score (nSPS) is 21.3. The van der Waals surface area contributed by atoms with Gasteiger partial charge in [0.1, 0.15) is 11.5 Å². The Morgan fingerprint density at radius 2 is 1.86 bits per heavy atom. The molecule has 1 saturated carbocycles. The second-order valence-corrected chi connectivity index (χ2v) is 6.51. The number of likely N-dealkylation sites (tertiary alicyclic amines) is 1. The van der Waals surface area contributed by atoms with Gasteiger partial charge >= 0.3 is 0 Å². The fourth-order valence-electron chi connectivity index (χ4n) is 3.84. The molecule has 1 spiro atoms. The highest BCUT2D eigenvalue weighted by Crippen LogP contribution is 2.44. The number of carbonyl (C=O) groups is 1. The van der Waals surface area contributed by atoms with E-state index in [4.69, 9.17) is 0 Å². The van der Waals surface area contributed by atoms with Crippen molar-refractivity contribution in [2.45, 2.75) is 44.9 Å². The van der Waals surface area contributed by atoms with Crippen LogP contribution in [0, 0.1) is 5.41 Å². The van der Waals surface area contributed by atoms with Gasteiger partial charge in [-0.1, -0.05) is 25.3 Å². The zero-order chi connectivity index (χ0) is 14.7. The molecule has 1 N–H and O–H groups in total. The predicted molar refractivity (Wildman–Crippen MR) is 84.4 cm³/mol. The Hall–Kier alpha value is -1.58. The lowest BCUT2D eigenvalue weighted by Crippen LogP contribution is -2.44. The molecule has 1 aromatic heterocycles. The summed E-state index contributed by atoms with van der Waals surface area (Å²) in [5, 5.41) is 2.99. The van der Waals surface area contributed by atoms with E-state index in [1.807, 2.05) is 30.1 Å². The highest BCUT2D eigenvalue weighted by molar-refractivity contribution is 5.92. The maximum atomic E-state index is 12.6. The summed E-state index contributed by atoms with van der Waals surface area (Å²) in [4.78, 5) is 18.9. The molecular weight excluding hydrogens is 262 g/mol. The van der Waals surface area contributed by atoms with Gasteiger partial charge in [-0.25, -0.2) is 4.98 Å². The molecule has 2 heterocycles. The van der Waals surface area contributed by atoms with Crippen molar-refractivity contribution in [3.63, 3.8) is 0 Å². The number of pyridine rings is 1. The van der Waals surface area contributed by atoms with E-state index in [0.29, 0.717) is 11.1 Å². The van der Waals surface area contributed by atoms with Gasteiger partial charge in [-0.2, -0.15) is 0 Å². The first-order valence-corrected chi connectivity index (χ1v) is 8.17. The van der Waals surface area contributed by atoms with Gasteiger partial charge in [-0.15, -0.1) is 0 Å². The predicted octanol–water partition coefficient (Wildman–Crippen LogP) is 3.31. The monoisotopic (exact) mass is 287 g/mol. The van der Waals surface area contributed by atoms with E-state index in [9.17, 15) is 4.79 Å². The molecule has 4 nitrogen and oxygen atoms in total. The highest BCUT2D eigenvalue weighted by atomic mass is 16.2. The Labute approximate surface area is 126 Å². The first-order valence-electron chi connectivity index (χ1n) is 8.17. The van der Waals surface area contributed by atoms with E-state index < -0.39 is 0 Å². The topological polar surface area (TPSA) is 45.2 Å². The van der Waals surface area contributed by atoms with Crippen molar-refractivity contribution in [2.24, 2.45) is 5.41 Å². The summed E-state index contributed by atoms with van der Waals surface area (Å²) in [6, 6.07) is 5.58. The van der Waals surface area contributed by atoms with E-state index in [2.05, 4.69) is 10.3 Å². The van der Waals surface area contributed by atoms with Crippen LogP contribution in [0.25, 0.3) is 0 Å². The third-order valence-electron chi connectivity index (χ3n) is 5.25. The van der Waals surface area contributed by atoms with Crippen LogP contribution in [0.1, 0.15) is 55.4 Å². The molecule has 1 amide bonds. The van der Waals surface area contributed by atoms with Gasteiger partial charge in [0.25, 0.3) is 5.91 Å². The number of rotatable bonds is 2. The van der Waals surface area contributed by atoms with Crippen LogP contribution in [0.5, 0.6) is 0 Å². The van der Waals surface area contributed by atoms with Crippen LogP contribution in [0.4, 0.5) is 5.82 Å². The van der Waals surface area contributed by atoms with Crippen molar-refractivity contribution in [3.05, 3.63) is 23.9 Å². The maximum Gasteiger partial charge on any atom is 0.272 e. The molecule has 1 aliphatic heterocycles. The number of nitrogens with zero attached hydrogens (tertiary/aromatic N) is 2. The van der Waals surface area contributed by atoms with E-state index in [1.54, 1.807) is 0 Å². The molecule has 0 aromatic carbocycles. The third kappa shape index (κ3) is 3.04. The minimum Gasteiger partial charge on any atom is -0.373 e. The first kappa shape index (κ1) is 14.4. The molecule has 114 valence electrons. The van der Waals surface area contributed by atoms with Crippen LogP contribution in [-0.2, 0) is 0 Å². The van der Waals surface area contributed by atoms with Gasteiger partial charge in [0.2, 0.25) is 0 Å². The van der Waals surface area contributed by atoms with Crippen LogP contribution in [0.15, 0.2) is 18.2 Å². The quantitative estimate of drug-likeness (QED) is 0.907. The Balaban J connectivity index is 1.64. The van der Waals surface area contributed by atoms with Crippen molar-refractivity contribution in [3.8, 4) is 0 Å². The van der Waals surface area contributed by atoms with E-state index >= 15 is 0 Å². The zero-order valence-corrected chi connectivity index (χ0v) is 12.9. The number of piperidine rings is 1. The van der Waals surface area contributed by atoms with Gasteiger partial charge in [0.15, 0.2) is 0 Å². The summed E-state index contributed by atoms with van der Waals surface area (Å²) < 4.78 is 0. The van der Waals surface area contributed by atoms with Crippen molar-refractivity contribution in [1.82, 2.24) is 9.88 Å². The van der Waals surface area contributed by atoms with Crippen molar-refractivity contribution in [2.75, 3.05) is 25.5 Å². The molecule has 2 fully saturated rings. The zero-order valence-electron chi connectivity index (χ0n) is 12.9. The Kier molecular flexibility index (Phi) is 4.13. The van der Waals surface area contributed by atoms with Crippen LogP contribution < -0.4 is 5.32 Å². The summed E-state index contributed by atoms with van der Waals surface area (Å²) in [5.74, 6) is 0.833. The smallest absolute Gasteiger partial charge is 0.272 e. The fourth-order valence-corrected chi connectivity index (χ4v) is 3.84. The van der Waals surface area contributed by atoms with Gasteiger partial charge in [0, 0.05) is 20.1 Å². The van der Waals surface area contributed by atoms with Crippen LogP contribution in [0.3, 0.4) is 0 Å². The van der Waals surface area contributed by atoms with Crippen molar-refractivity contribution in [1.29, 1.82) is 0 Å². The molecule has 21 heavy (non-hydrogen) atoms. The highest BCUT2D eigenvalue weighted by Gasteiger charge is 2.36. The maximum absolute atomic E-state index is 12.6. The number of hydrogen-bond acceptors (Lipinski definition) is 3. The second-order valence-electron chi connectivity index (χ2n) is 6.51. The first-order chi connectivity index (χ1) is 10.2. The number of aromatic nitrogens is 1. The average molecular weight is 287 g/mol. The van der Waals surface area contributed by atoms with Gasteiger partial charge in [-0.3, -0.25) is 4.79 Å². The number of anilines is 1.